The van der Waals surface area contributed by atoms with E-state index in [1.807, 2.05) is 5.32 Å². The van der Waals surface area contributed by atoms with Gasteiger partial charge in [0, 0.05) is 11.8 Å². The van der Waals surface area contributed by atoms with E-state index >= 15 is 0 Å². The Hall–Kier alpha value is -2.91. The molecule has 1 atom stereocenters. The second-order valence-electron chi connectivity index (χ2n) is 3.96. The van der Waals surface area contributed by atoms with Crippen LogP contribution in [0.4, 0.5) is 10.7 Å². The molecule has 4 N–H and O–H groups in total. The third-order valence-corrected chi connectivity index (χ3v) is 2.25. The quantitative estimate of drug-likeness (QED) is 0.565. The number of carboxylic acid groups (broad SMARTS) is 2. The zero-order valence-corrected chi connectivity index (χ0v) is 11.3. The molecule has 0 unspecified atom stereocenters. The molecule has 114 valence electrons. The lowest BCUT2D eigenvalue weighted by molar-refractivity contribution is -0.145. The first-order chi connectivity index (χ1) is 9.81. The lowest BCUT2D eigenvalue weighted by atomic mass is 10.2. The van der Waals surface area contributed by atoms with Crippen molar-refractivity contribution in [2.45, 2.75) is 19.4 Å². The third kappa shape index (κ3) is 5.30. The SMILES string of the molecule is COc1cc(C)nc(NC(=O)N[C@@H](CC(=O)O)C(=O)O)n1. The van der Waals surface area contributed by atoms with Crippen LogP contribution in [0.3, 0.4) is 0 Å². The molecule has 0 aliphatic heterocycles. The summed E-state index contributed by atoms with van der Waals surface area (Å²) >= 11 is 0. The molecule has 10 nitrogen and oxygen atoms in total. The number of amides is 2. The van der Waals surface area contributed by atoms with E-state index in [9.17, 15) is 14.4 Å². The zero-order valence-electron chi connectivity index (χ0n) is 11.3. The molecule has 1 heterocycles. The normalized spacial score (nSPS) is 11.3. The molecule has 0 saturated carbocycles. The Morgan fingerprint density at radius 2 is 2.00 bits per heavy atom. The summed E-state index contributed by atoms with van der Waals surface area (Å²) < 4.78 is 4.89. The molecule has 0 radical (unpaired) electrons. The van der Waals surface area contributed by atoms with Gasteiger partial charge in [0.25, 0.3) is 0 Å². The van der Waals surface area contributed by atoms with Crippen LogP contribution < -0.4 is 15.4 Å². The van der Waals surface area contributed by atoms with Gasteiger partial charge in [-0.3, -0.25) is 10.1 Å². The second-order valence-corrected chi connectivity index (χ2v) is 3.96. The number of carbonyl (C=O) groups excluding carboxylic acids is 1. The third-order valence-electron chi connectivity index (χ3n) is 2.25. The Kier molecular flexibility index (Phi) is 5.40. The van der Waals surface area contributed by atoms with Crippen LogP contribution in [0.5, 0.6) is 5.88 Å². The van der Waals surface area contributed by atoms with Crippen molar-refractivity contribution in [2.75, 3.05) is 12.4 Å². The van der Waals surface area contributed by atoms with Gasteiger partial charge in [-0.25, -0.2) is 14.6 Å². The Bertz CT molecular complexity index is 562. The standard InChI is InChI=1S/C11H14N4O6/c1-5-3-7(21-2)14-10(12-5)15-11(20)13-6(9(18)19)4-8(16)17/h3,6H,4H2,1-2H3,(H,16,17)(H,18,19)(H2,12,13,14,15,20)/t6-/m0/s1. The summed E-state index contributed by atoms with van der Waals surface area (Å²) in [5, 5.41) is 21.6. The van der Waals surface area contributed by atoms with Crippen molar-refractivity contribution in [1.82, 2.24) is 15.3 Å². The Balaban J connectivity index is 2.74. The first kappa shape index (κ1) is 16.1. The van der Waals surface area contributed by atoms with Crippen molar-refractivity contribution in [3.8, 4) is 5.88 Å². The van der Waals surface area contributed by atoms with Crippen molar-refractivity contribution >= 4 is 23.9 Å². The number of urea groups is 1. The van der Waals surface area contributed by atoms with Gasteiger partial charge in [-0.05, 0) is 6.92 Å². The van der Waals surface area contributed by atoms with Gasteiger partial charge in [-0.1, -0.05) is 0 Å². The molecule has 21 heavy (non-hydrogen) atoms. The maximum Gasteiger partial charge on any atom is 0.326 e. The summed E-state index contributed by atoms with van der Waals surface area (Å²) in [6.45, 7) is 1.65. The van der Waals surface area contributed by atoms with Crippen LogP contribution in [-0.4, -0.2) is 51.3 Å². The first-order valence-corrected chi connectivity index (χ1v) is 5.73. The van der Waals surface area contributed by atoms with Gasteiger partial charge in [0.05, 0.1) is 13.5 Å². The highest BCUT2D eigenvalue weighted by molar-refractivity contribution is 5.92. The van der Waals surface area contributed by atoms with E-state index in [2.05, 4.69) is 15.3 Å². The molecule has 1 aromatic rings. The highest BCUT2D eigenvalue weighted by Gasteiger charge is 2.23. The number of aryl methyl sites for hydroxylation is 1. The lowest BCUT2D eigenvalue weighted by Gasteiger charge is -2.13. The predicted molar refractivity (Wildman–Crippen MR) is 69.2 cm³/mol. The number of hydrogen-bond donors (Lipinski definition) is 4. The van der Waals surface area contributed by atoms with Crippen LogP contribution in [0.25, 0.3) is 0 Å². The molecule has 0 aromatic carbocycles. The summed E-state index contributed by atoms with van der Waals surface area (Å²) in [6, 6.07) is -0.960. The van der Waals surface area contributed by atoms with E-state index in [0.29, 0.717) is 5.69 Å². The molecule has 1 aromatic heterocycles. The van der Waals surface area contributed by atoms with Gasteiger partial charge < -0.3 is 20.3 Å². The number of carboxylic acids is 2. The lowest BCUT2D eigenvalue weighted by Crippen LogP contribution is -2.44. The molecule has 0 aliphatic rings. The highest BCUT2D eigenvalue weighted by Crippen LogP contribution is 2.11. The highest BCUT2D eigenvalue weighted by atomic mass is 16.5. The van der Waals surface area contributed by atoms with Gasteiger partial charge in [0.2, 0.25) is 11.8 Å². The van der Waals surface area contributed by atoms with Crippen LogP contribution in [0.2, 0.25) is 0 Å². The van der Waals surface area contributed by atoms with Gasteiger partial charge in [0.1, 0.15) is 6.04 Å². The number of methoxy groups -OCH3 is 1. The Morgan fingerprint density at radius 3 is 2.52 bits per heavy atom. The first-order valence-electron chi connectivity index (χ1n) is 5.73. The van der Waals surface area contributed by atoms with Crippen molar-refractivity contribution in [1.29, 1.82) is 0 Å². The fourth-order valence-electron chi connectivity index (χ4n) is 1.37. The van der Waals surface area contributed by atoms with Crippen LogP contribution in [0.1, 0.15) is 12.1 Å². The molecule has 0 spiro atoms. The van der Waals surface area contributed by atoms with Crippen LogP contribution >= 0.6 is 0 Å². The topological polar surface area (TPSA) is 151 Å². The molecular formula is C11H14N4O6. The number of ether oxygens (including phenoxy) is 1. The van der Waals surface area contributed by atoms with Gasteiger partial charge in [-0.15, -0.1) is 0 Å². The number of rotatable bonds is 6. The van der Waals surface area contributed by atoms with Gasteiger partial charge in [0.15, 0.2) is 0 Å². The van der Waals surface area contributed by atoms with Gasteiger partial charge >= 0.3 is 18.0 Å². The van der Waals surface area contributed by atoms with Crippen molar-refractivity contribution in [2.24, 2.45) is 0 Å². The minimum absolute atomic E-state index is 0.0937. The molecule has 0 aliphatic carbocycles. The minimum atomic E-state index is -1.56. The molecular weight excluding hydrogens is 284 g/mol. The second kappa shape index (κ2) is 7.03. The molecule has 0 fully saturated rings. The summed E-state index contributed by atoms with van der Waals surface area (Å²) in [7, 11) is 1.39. The van der Waals surface area contributed by atoms with E-state index in [-0.39, 0.29) is 11.8 Å². The fourth-order valence-corrected chi connectivity index (χ4v) is 1.37. The number of nitrogens with one attached hydrogen (secondary N) is 2. The van der Waals surface area contributed by atoms with Crippen molar-refractivity contribution < 1.29 is 29.3 Å². The van der Waals surface area contributed by atoms with E-state index < -0.39 is 30.4 Å². The molecule has 2 amide bonds. The fraction of sp³-hybridized carbons (Fsp3) is 0.364. The maximum atomic E-state index is 11.6. The summed E-state index contributed by atoms with van der Waals surface area (Å²) in [4.78, 5) is 40.7. The minimum Gasteiger partial charge on any atom is -0.481 e. The molecule has 0 bridgehead atoms. The van der Waals surface area contributed by atoms with Gasteiger partial charge in [-0.2, -0.15) is 4.98 Å². The van der Waals surface area contributed by atoms with Crippen LogP contribution in [-0.2, 0) is 9.59 Å². The predicted octanol–water partition coefficient (Wildman–Crippen LogP) is -0.157. The number of hydrogen-bond acceptors (Lipinski definition) is 6. The van der Waals surface area contributed by atoms with Crippen molar-refractivity contribution in [3.05, 3.63) is 11.8 Å². The summed E-state index contributed by atoms with van der Waals surface area (Å²) in [5.74, 6) is -2.69. The molecule has 1 rings (SSSR count). The smallest absolute Gasteiger partial charge is 0.326 e. The van der Waals surface area contributed by atoms with Crippen LogP contribution in [0.15, 0.2) is 6.07 Å². The largest absolute Gasteiger partial charge is 0.481 e. The number of aromatic nitrogens is 2. The van der Waals surface area contributed by atoms with E-state index in [1.165, 1.54) is 13.2 Å². The molecule has 0 saturated heterocycles. The number of carbonyl (C=O) groups is 3. The van der Waals surface area contributed by atoms with E-state index in [1.54, 1.807) is 6.92 Å². The summed E-state index contributed by atoms with van der Waals surface area (Å²) in [5.41, 5.74) is 0.525. The molecule has 10 heteroatoms. The monoisotopic (exact) mass is 298 g/mol. The Morgan fingerprint density at radius 1 is 1.33 bits per heavy atom. The zero-order chi connectivity index (χ0) is 16.0. The summed E-state index contributed by atoms with van der Waals surface area (Å²) in [6.07, 6.45) is -0.749. The van der Waals surface area contributed by atoms with Crippen molar-refractivity contribution in [3.63, 3.8) is 0 Å². The van der Waals surface area contributed by atoms with Crippen LogP contribution in [0, 0.1) is 6.92 Å². The number of nitrogens with zero attached hydrogens (tertiary/aromatic N) is 2. The van der Waals surface area contributed by atoms with E-state index in [0.717, 1.165) is 0 Å². The number of aliphatic carboxylic acids is 2. The van der Waals surface area contributed by atoms with E-state index in [4.69, 9.17) is 14.9 Å². The average Bonchev–Trinajstić information content (AvgIpc) is 2.36. The average molecular weight is 298 g/mol. The maximum absolute atomic E-state index is 11.6. The number of anilines is 1. The Labute approximate surface area is 119 Å².